The highest BCUT2D eigenvalue weighted by Crippen LogP contribution is 2.33. The third-order valence-corrected chi connectivity index (χ3v) is 4.71. The van der Waals surface area contributed by atoms with E-state index in [-0.39, 0.29) is 22.2 Å². The molecule has 1 aromatic heterocycles. The molecule has 146 valence electrons. The lowest BCUT2D eigenvalue weighted by molar-refractivity contribution is 0.0696. The van der Waals surface area contributed by atoms with Crippen LogP contribution in [0.15, 0.2) is 60.7 Å². The number of aromatic carboxylic acids is 1. The Morgan fingerprint density at radius 1 is 1.07 bits per heavy atom. The van der Waals surface area contributed by atoms with Crippen LogP contribution in [-0.2, 0) is 6.54 Å². The van der Waals surface area contributed by atoms with Gasteiger partial charge in [0.05, 0.1) is 30.1 Å². The van der Waals surface area contributed by atoms with Gasteiger partial charge in [-0.2, -0.15) is 5.10 Å². The lowest BCUT2D eigenvalue weighted by Crippen LogP contribution is -2.04. The van der Waals surface area contributed by atoms with Gasteiger partial charge in [0.1, 0.15) is 23.1 Å². The van der Waals surface area contributed by atoms with Gasteiger partial charge in [0.2, 0.25) is 0 Å². The Morgan fingerprint density at radius 2 is 1.86 bits per heavy atom. The maximum Gasteiger partial charge on any atom is 0.335 e. The highest BCUT2D eigenvalue weighted by molar-refractivity contribution is 5.95. The SMILES string of the molecule is COc1ccccc1Cn1nc(-c2ccc(C(=O)O)cc2F)c2c(F)cccc21. The minimum atomic E-state index is -1.24. The zero-order valence-corrected chi connectivity index (χ0v) is 15.4. The van der Waals surface area contributed by atoms with Crippen molar-refractivity contribution < 1.29 is 23.4 Å². The van der Waals surface area contributed by atoms with Crippen LogP contribution in [0.25, 0.3) is 22.2 Å². The molecule has 0 saturated heterocycles. The molecule has 0 amide bonds. The number of carbonyl (C=O) groups is 1. The van der Waals surface area contributed by atoms with Gasteiger partial charge < -0.3 is 9.84 Å². The highest BCUT2D eigenvalue weighted by Gasteiger charge is 2.20. The van der Waals surface area contributed by atoms with Gasteiger partial charge >= 0.3 is 5.97 Å². The van der Waals surface area contributed by atoms with Crippen molar-refractivity contribution in [1.29, 1.82) is 0 Å². The molecule has 0 saturated carbocycles. The maximum absolute atomic E-state index is 14.7. The van der Waals surface area contributed by atoms with Crippen molar-refractivity contribution in [1.82, 2.24) is 9.78 Å². The molecule has 0 aliphatic rings. The zero-order chi connectivity index (χ0) is 20.5. The van der Waals surface area contributed by atoms with Crippen LogP contribution < -0.4 is 4.74 Å². The molecule has 0 aliphatic carbocycles. The molecule has 7 heteroatoms. The van der Waals surface area contributed by atoms with Crippen molar-refractivity contribution in [3.8, 4) is 17.0 Å². The summed E-state index contributed by atoms with van der Waals surface area (Å²) in [6.45, 7) is 0.290. The number of nitrogens with zero attached hydrogens (tertiary/aromatic N) is 2. The lowest BCUT2D eigenvalue weighted by Gasteiger charge is -2.09. The van der Waals surface area contributed by atoms with E-state index in [9.17, 15) is 13.6 Å². The summed E-state index contributed by atoms with van der Waals surface area (Å²) in [5, 5.41) is 13.7. The second-order valence-corrected chi connectivity index (χ2v) is 6.45. The van der Waals surface area contributed by atoms with Crippen LogP contribution in [0.2, 0.25) is 0 Å². The molecule has 1 heterocycles. The average Bonchev–Trinajstić information content (AvgIpc) is 3.08. The topological polar surface area (TPSA) is 64.4 Å². The molecular weight excluding hydrogens is 378 g/mol. The second-order valence-electron chi connectivity index (χ2n) is 6.45. The van der Waals surface area contributed by atoms with Crippen molar-refractivity contribution in [3.05, 3.63) is 83.4 Å². The van der Waals surface area contributed by atoms with Crippen molar-refractivity contribution >= 4 is 16.9 Å². The van der Waals surface area contributed by atoms with Gasteiger partial charge in [-0.15, -0.1) is 0 Å². The van der Waals surface area contributed by atoms with Crippen LogP contribution in [0.4, 0.5) is 8.78 Å². The molecule has 5 nitrogen and oxygen atoms in total. The van der Waals surface area contributed by atoms with Gasteiger partial charge in [0.25, 0.3) is 0 Å². The van der Waals surface area contributed by atoms with Crippen molar-refractivity contribution in [3.63, 3.8) is 0 Å². The van der Waals surface area contributed by atoms with Gasteiger partial charge in [-0.25, -0.2) is 13.6 Å². The molecule has 0 spiro atoms. The van der Waals surface area contributed by atoms with Crippen molar-refractivity contribution in [2.75, 3.05) is 7.11 Å². The molecule has 4 aromatic rings. The number of fused-ring (bicyclic) bond motifs is 1. The van der Waals surface area contributed by atoms with Crippen LogP contribution >= 0.6 is 0 Å². The fourth-order valence-electron chi connectivity index (χ4n) is 3.33. The molecule has 1 N–H and O–H groups in total. The number of para-hydroxylation sites is 1. The summed E-state index contributed by atoms with van der Waals surface area (Å²) in [4.78, 5) is 11.1. The first-order chi connectivity index (χ1) is 14.0. The van der Waals surface area contributed by atoms with Gasteiger partial charge in [0, 0.05) is 11.1 Å². The van der Waals surface area contributed by atoms with Crippen molar-refractivity contribution in [2.45, 2.75) is 6.54 Å². The van der Waals surface area contributed by atoms with E-state index in [0.29, 0.717) is 17.8 Å². The maximum atomic E-state index is 14.7. The fourth-order valence-corrected chi connectivity index (χ4v) is 3.33. The van der Waals surface area contributed by atoms with E-state index in [0.717, 1.165) is 11.6 Å². The number of benzene rings is 3. The van der Waals surface area contributed by atoms with Crippen molar-refractivity contribution in [2.24, 2.45) is 0 Å². The predicted octanol–water partition coefficient (Wildman–Crippen LogP) is 4.74. The van der Waals surface area contributed by atoms with E-state index in [1.165, 1.54) is 18.2 Å². The average molecular weight is 394 g/mol. The summed E-state index contributed by atoms with van der Waals surface area (Å²) < 4.78 is 36.3. The first-order valence-corrected chi connectivity index (χ1v) is 8.79. The van der Waals surface area contributed by atoms with Crippen LogP contribution in [0.3, 0.4) is 0 Å². The minimum Gasteiger partial charge on any atom is -0.496 e. The molecule has 0 unspecified atom stereocenters. The first kappa shape index (κ1) is 18.6. The second kappa shape index (κ2) is 7.35. The minimum absolute atomic E-state index is 0.0314. The molecule has 0 atom stereocenters. The van der Waals surface area contributed by atoms with Crippen LogP contribution in [0.5, 0.6) is 5.75 Å². The quantitative estimate of drug-likeness (QED) is 0.531. The number of hydrogen-bond donors (Lipinski definition) is 1. The summed E-state index contributed by atoms with van der Waals surface area (Å²) in [7, 11) is 1.56. The fraction of sp³-hybridized carbons (Fsp3) is 0.0909. The van der Waals surface area contributed by atoms with E-state index in [4.69, 9.17) is 9.84 Å². The molecule has 4 rings (SSSR count). The summed E-state index contributed by atoms with van der Waals surface area (Å²) >= 11 is 0. The number of methoxy groups -OCH3 is 1. The van der Waals surface area contributed by atoms with Gasteiger partial charge in [-0.3, -0.25) is 4.68 Å². The molecule has 0 aliphatic heterocycles. The largest absolute Gasteiger partial charge is 0.496 e. The third kappa shape index (κ3) is 3.31. The molecule has 0 radical (unpaired) electrons. The number of halogens is 2. The third-order valence-electron chi connectivity index (χ3n) is 4.71. The van der Waals surface area contributed by atoms with Gasteiger partial charge in [-0.1, -0.05) is 24.3 Å². The summed E-state index contributed by atoms with van der Waals surface area (Å²) in [5.74, 6) is -1.90. The van der Waals surface area contributed by atoms with E-state index < -0.39 is 17.6 Å². The monoisotopic (exact) mass is 394 g/mol. The summed E-state index contributed by atoms with van der Waals surface area (Å²) in [6, 6.07) is 15.4. The Kier molecular flexibility index (Phi) is 4.72. The molecule has 0 bridgehead atoms. The first-order valence-electron chi connectivity index (χ1n) is 8.79. The highest BCUT2D eigenvalue weighted by atomic mass is 19.1. The zero-order valence-electron chi connectivity index (χ0n) is 15.4. The van der Waals surface area contributed by atoms with Gasteiger partial charge in [0.15, 0.2) is 0 Å². The standard InChI is InChI=1S/C22H16F2N2O3/c1-29-19-8-3-2-5-14(19)12-26-18-7-4-6-16(23)20(18)21(25-26)15-10-9-13(22(27)28)11-17(15)24/h2-11H,12H2,1H3,(H,27,28). The van der Waals surface area contributed by atoms with E-state index in [1.54, 1.807) is 23.9 Å². The predicted molar refractivity (Wildman–Crippen MR) is 104 cm³/mol. The number of aromatic nitrogens is 2. The normalized spacial score (nSPS) is 11.0. The van der Waals surface area contributed by atoms with Crippen LogP contribution in [0.1, 0.15) is 15.9 Å². The molecule has 0 fully saturated rings. The Labute approximate surface area is 164 Å². The number of carboxylic acids is 1. The smallest absolute Gasteiger partial charge is 0.335 e. The van der Waals surface area contributed by atoms with E-state index >= 15 is 0 Å². The number of ether oxygens (including phenoxy) is 1. The van der Waals surface area contributed by atoms with Crippen LogP contribution in [0, 0.1) is 11.6 Å². The van der Waals surface area contributed by atoms with E-state index in [1.807, 2.05) is 24.3 Å². The molecule has 3 aromatic carbocycles. The number of carboxylic acid groups (broad SMARTS) is 1. The summed E-state index contributed by atoms with van der Waals surface area (Å²) in [6.07, 6.45) is 0. The molecule has 29 heavy (non-hydrogen) atoms. The van der Waals surface area contributed by atoms with E-state index in [2.05, 4.69) is 5.10 Å². The Bertz CT molecular complexity index is 1230. The van der Waals surface area contributed by atoms with Crippen LogP contribution in [-0.4, -0.2) is 28.0 Å². The van der Waals surface area contributed by atoms with Gasteiger partial charge in [-0.05, 0) is 36.4 Å². The molecular formula is C22H16F2N2O3. The lowest BCUT2D eigenvalue weighted by atomic mass is 10.0. The summed E-state index contributed by atoms with van der Waals surface area (Å²) in [5.41, 5.74) is 1.28. The number of rotatable bonds is 5. The Morgan fingerprint density at radius 3 is 2.59 bits per heavy atom. The number of hydrogen-bond acceptors (Lipinski definition) is 3. The Hall–Kier alpha value is -3.74. The Balaban J connectivity index is 1.89.